The second-order valence-electron chi connectivity index (χ2n) is 7.88. The number of nitrogens with zero attached hydrogens (tertiary/aromatic N) is 1. The van der Waals surface area contributed by atoms with Crippen LogP contribution in [0.25, 0.3) is 0 Å². The van der Waals surface area contributed by atoms with E-state index in [9.17, 15) is 4.79 Å². The molecular weight excluding hydrogens is 338 g/mol. The third-order valence-electron chi connectivity index (χ3n) is 6.11. The molecule has 0 bridgehead atoms. The Morgan fingerprint density at radius 3 is 2.44 bits per heavy atom. The smallest absolute Gasteiger partial charge is 0.234 e. The molecule has 5 nitrogen and oxygen atoms in total. The number of rotatable bonds is 7. The number of likely N-dealkylation sites (tertiary alicyclic amines) is 1. The van der Waals surface area contributed by atoms with Crippen molar-refractivity contribution in [3.63, 3.8) is 0 Å². The van der Waals surface area contributed by atoms with Crippen LogP contribution in [0.15, 0.2) is 0 Å². The Balaban J connectivity index is 0.00000225. The van der Waals surface area contributed by atoms with Crippen LogP contribution in [0.1, 0.15) is 64.2 Å². The van der Waals surface area contributed by atoms with Gasteiger partial charge in [0.2, 0.25) is 5.91 Å². The van der Waals surface area contributed by atoms with E-state index in [1.807, 2.05) is 0 Å². The van der Waals surface area contributed by atoms with Gasteiger partial charge >= 0.3 is 0 Å². The van der Waals surface area contributed by atoms with Crippen LogP contribution in [0.3, 0.4) is 0 Å². The number of carbonyl (C=O) groups is 1. The number of amides is 1. The van der Waals surface area contributed by atoms with E-state index in [2.05, 4.69) is 15.5 Å². The highest BCUT2D eigenvalue weighted by Crippen LogP contribution is 2.35. The van der Waals surface area contributed by atoms with E-state index in [0.29, 0.717) is 12.6 Å². The van der Waals surface area contributed by atoms with Crippen LogP contribution in [0, 0.1) is 0 Å². The summed E-state index contributed by atoms with van der Waals surface area (Å²) in [5, 5.41) is 6.49. The van der Waals surface area contributed by atoms with Gasteiger partial charge in [0.1, 0.15) is 0 Å². The first-order valence-corrected chi connectivity index (χ1v) is 10.1. The predicted molar refractivity (Wildman–Crippen MR) is 103 cm³/mol. The van der Waals surface area contributed by atoms with E-state index < -0.39 is 0 Å². The van der Waals surface area contributed by atoms with Gasteiger partial charge in [0, 0.05) is 25.2 Å². The monoisotopic (exact) mass is 373 g/mol. The largest absolute Gasteiger partial charge is 0.377 e. The third kappa shape index (κ3) is 6.09. The zero-order valence-electron chi connectivity index (χ0n) is 15.6. The minimum atomic E-state index is 0. The molecule has 3 fully saturated rings. The number of ether oxygens (including phenoxy) is 1. The summed E-state index contributed by atoms with van der Waals surface area (Å²) in [6.07, 6.45) is 13.0. The Morgan fingerprint density at radius 2 is 1.76 bits per heavy atom. The van der Waals surface area contributed by atoms with E-state index in [0.717, 1.165) is 32.5 Å². The lowest BCUT2D eigenvalue weighted by Gasteiger charge is -2.48. The molecule has 0 spiro atoms. The van der Waals surface area contributed by atoms with Crippen molar-refractivity contribution in [2.75, 3.05) is 39.3 Å². The first kappa shape index (κ1) is 20.9. The highest BCUT2D eigenvalue weighted by atomic mass is 35.5. The molecule has 0 aromatic rings. The molecule has 2 heterocycles. The summed E-state index contributed by atoms with van der Waals surface area (Å²) in [5.74, 6) is 0.134. The lowest BCUT2D eigenvalue weighted by atomic mass is 9.79. The van der Waals surface area contributed by atoms with Crippen molar-refractivity contribution in [2.24, 2.45) is 0 Å². The van der Waals surface area contributed by atoms with Gasteiger partial charge < -0.3 is 15.4 Å². The van der Waals surface area contributed by atoms with Gasteiger partial charge in [0.05, 0.1) is 12.6 Å². The molecule has 1 aliphatic carbocycles. The molecule has 25 heavy (non-hydrogen) atoms. The van der Waals surface area contributed by atoms with Crippen molar-refractivity contribution < 1.29 is 9.53 Å². The molecule has 0 radical (unpaired) electrons. The molecule has 1 unspecified atom stereocenters. The van der Waals surface area contributed by atoms with Crippen LogP contribution in [-0.2, 0) is 9.53 Å². The highest BCUT2D eigenvalue weighted by Gasteiger charge is 2.38. The number of hydrogen-bond acceptors (Lipinski definition) is 4. The fourth-order valence-electron chi connectivity index (χ4n) is 4.66. The Kier molecular flexibility index (Phi) is 8.97. The topological polar surface area (TPSA) is 53.6 Å². The molecule has 0 aromatic heterocycles. The summed E-state index contributed by atoms with van der Waals surface area (Å²) in [7, 11) is 0. The number of piperidine rings is 1. The van der Waals surface area contributed by atoms with Gasteiger partial charge in [-0.1, -0.05) is 25.7 Å². The molecule has 2 saturated heterocycles. The molecule has 1 saturated carbocycles. The zero-order valence-corrected chi connectivity index (χ0v) is 16.4. The molecule has 3 rings (SSSR count). The van der Waals surface area contributed by atoms with Crippen molar-refractivity contribution in [1.29, 1.82) is 0 Å². The van der Waals surface area contributed by atoms with Crippen LogP contribution < -0.4 is 10.6 Å². The first-order chi connectivity index (χ1) is 11.8. The SMILES string of the molecule is Cl.O=C(CNCC1CCCO1)NCC1(N2CCCCC2)CCCCC1. The Morgan fingerprint density at radius 1 is 1.04 bits per heavy atom. The fraction of sp³-hybridized carbons (Fsp3) is 0.947. The number of nitrogens with one attached hydrogen (secondary N) is 2. The van der Waals surface area contributed by atoms with Gasteiger partial charge in [-0.05, 0) is 51.6 Å². The molecule has 2 N–H and O–H groups in total. The Bertz CT molecular complexity index is 390. The maximum atomic E-state index is 12.3. The molecule has 146 valence electrons. The van der Waals surface area contributed by atoms with E-state index in [1.54, 1.807) is 0 Å². The van der Waals surface area contributed by atoms with E-state index >= 15 is 0 Å². The number of carbonyl (C=O) groups excluding carboxylic acids is 1. The van der Waals surface area contributed by atoms with Crippen molar-refractivity contribution in [2.45, 2.75) is 75.9 Å². The van der Waals surface area contributed by atoms with Gasteiger partial charge in [-0.3, -0.25) is 9.69 Å². The van der Waals surface area contributed by atoms with Crippen LogP contribution >= 0.6 is 12.4 Å². The quantitative estimate of drug-likeness (QED) is 0.719. The standard InChI is InChI=1S/C19H35N3O2.ClH/c23-18(15-20-14-17-8-7-13-24-17)21-16-19(9-3-1-4-10-19)22-11-5-2-6-12-22;/h17,20H,1-16H2,(H,21,23);1H. The van der Waals surface area contributed by atoms with Crippen molar-refractivity contribution in [1.82, 2.24) is 15.5 Å². The van der Waals surface area contributed by atoms with E-state index in [1.165, 1.54) is 64.5 Å². The molecule has 3 aliphatic rings. The van der Waals surface area contributed by atoms with Crippen molar-refractivity contribution in [3.05, 3.63) is 0 Å². The Hall–Kier alpha value is -0.360. The summed E-state index contributed by atoms with van der Waals surface area (Å²) in [6, 6.07) is 0. The average Bonchev–Trinajstić information content (AvgIpc) is 3.15. The average molecular weight is 374 g/mol. The van der Waals surface area contributed by atoms with Gasteiger partial charge in [0.25, 0.3) is 0 Å². The fourth-order valence-corrected chi connectivity index (χ4v) is 4.66. The lowest BCUT2D eigenvalue weighted by molar-refractivity contribution is -0.121. The van der Waals surface area contributed by atoms with Gasteiger partial charge in [-0.25, -0.2) is 0 Å². The van der Waals surface area contributed by atoms with Crippen LogP contribution in [0.5, 0.6) is 0 Å². The van der Waals surface area contributed by atoms with Gasteiger partial charge in [0.15, 0.2) is 0 Å². The minimum absolute atomic E-state index is 0. The predicted octanol–water partition coefficient (Wildman–Crippen LogP) is 2.48. The normalized spacial score (nSPS) is 26.8. The van der Waals surface area contributed by atoms with E-state index in [4.69, 9.17) is 4.74 Å². The third-order valence-corrected chi connectivity index (χ3v) is 6.11. The van der Waals surface area contributed by atoms with Crippen molar-refractivity contribution in [3.8, 4) is 0 Å². The molecular formula is C19H36ClN3O2. The molecule has 1 amide bonds. The van der Waals surface area contributed by atoms with Gasteiger partial charge in [-0.15, -0.1) is 12.4 Å². The van der Waals surface area contributed by atoms with Crippen LogP contribution in [0.4, 0.5) is 0 Å². The van der Waals surface area contributed by atoms with Gasteiger partial charge in [-0.2, -0.15) is 0 Å². The summed E-state index contributed by atoms with van der Waals surface area (Å²) in [4.78, 5) is 14.9. The molecule has 2 aliphatic heterocycles. The van der Waals surface area contributed by atoms with Crippen molar-refractivity contribution >= 4 is 18.3 Å². The number of halogens is 1. The summed E-state index contributed by atoms with van der Waals surface area (Å²) >= 11 is 0. The second kappa shape index (κ2) is 10.7. The van der Waals surface area contributed by atoms with Crippen LogP contribution in [0.2, 0.25) is 0 Å². The minimum Gasteiger partial charge on any atom is -0.377 e. The summed E-state index contributed by atoms with van der Waals surface area (Å²) < 4.78 is 5.58. The maximum Gasteiger partial charge on any atom is 0.234 e. The zero-order chi connectivity index (χ0) is 16.7. The first-order valence-electron chi connectivity index (χ1n) is 10.1. The Labute approximate surface area is 159 Å². The highest BCUT2D eigenvalue weighted by molar-refractivity contribution is 5.85. The lowest BCUT2D eigenvalue weighted by Crippen LogP contribution is -2.58. The number of hydrogen-bond donors (Lipinski definition) is 2. The molecule has 6 heteroatoms. The summed E-state index contributed by atoms with van der Waals surface area (Å²) in [6.45, 7) is 5.34. The molecule has 0 aromatic carbocycles. The second-order valence-corrected chi connectivity index (χ2v) is 7.88. The molecule has 1 atom stereocenters. The van der Waals surface area contributed by atoms with Crippen LogP contribution in [-0.4, -0.2) is 61.8 Å². The van der Waals surface area contributed by atoms with E-state index in [-0.39, 0.29) is 23.9 Å². The summed E-state index contributed by atoms with van der Waals surface area (Å²) in [5.41, 5.74) is 0.225. The maximum absolute atomic E-state index is 12.3.